The molecular formula is C18H16O3. The molecule has 1 aliphatic rings. The van der Waals surface area contributed by atoms with E-state index in [0.29, 0.717) is 0 Å². The molecule has 0 fully saturated rings. The van der Waals surface area contributed by atoms with Crippen LogP contribution in [0.25, 0.3) is 11.6 Å². The van der Waals surface area contributed by atoms with Crippen molar-refractivity contribution in [2.45, 2.75) is 12.8 Å². The van der Waals surface area contributed by atoms with Crippen molar-refractivity contribution in [1.29, 1.82) is 0 Å². The van der Waals surface area contributed by atoms with Gasteiger partial charge < -0.3 is 9.84 Å². The van der Waals surface area contributed by atoms with Crippen LogP contribution in [0.4, 0.5) is 0 Å². The molecule has 3 rings (SSSR count). The van der Waals surface area contributed by atoms with E-state index >= 15 is 0 Å². The summed E-state index contributed by atoms with van der Waals surface area (Å²) < 4.78 is 5.43. The van der Waals surface area contributed by atoms with Crippen molar-refractivity contribution in [3.05, 3.63) is 64.7 Å². The number of carboxylic acid groups (broad SMARTS) is 1. The molecular weight excluding hydrogens is 264 g/mol. The summed E-state index contributed by atoms with van der Waals surface area (Å²) >= 11 is 0. The molecule has 3 nitrogen and oxygen atoms in total. The van der Waals surface area contributed by atoms with Crippen LogP contribution in [0.15, 0.2) is 42.5 Å². The number of fused-ring (bicyclic) bond motifs is 2. The SMILES string of the molecule is COc1cccc2c1C=C(CC(=O)O)c1ccccc1C2. The Morgan fingerprint density at radius 1 is 1.14 bits per heavy atom. The minimum atomic E-state index is -0.825. The molecule has 0 unspecified atom stereocenters. The van der Waals surface area contributed by atoms with Gasteiger partial charge in [-0.3, -0.25) is 4.79 Å². The summed E-state index contributed by atoms with van der Waals surface area (Å²) in [6.07, 6.45) is 2.74. The van der Waals surface area contributed by atoms with Gasteiger partial charge in [-0.15, -0.1) is 0 Å². The van der Waals surface area contributed by atoms with Crippen LogP contribution in [0, 0.1) is 0 Å². The van der Waals surface area contributed by atoms with Crippen molar-refractivity contribution in [3.63, 3.8) is 0 Å². The van der Waals surface area contributed by atoms with Gasteiger partial charge in [0.25, 0.3) is 0 Å². The second-order valence-corrected chi connectivity index (χ2v) is 5.11. The Hall–Kier alpha value is -2.55. The topological polar surface area (TPSA) is 46.5 Å². The Labute approximate surface area is 123 Å². The highest BCUT2D eigenvalue weighted by molar-refractivity contribution is 5.94. The minimum absolute atomic E-state index is 0.00843. The average molecular weight is 280 g/mol. The molecule has 1 N–H and O–H groups in total. The van der Waals surface area contributed by atoms with Crippen LogP contribution in [-0.4, -0.2) is 18.2 Å². The molecule has 1 aliphatic carbocycles. The van der Waals surface area contributed by atoms with Gasteiger partial charge in [0.15, 0.2) is 0 Å². The van der Waals surface area contributed by atoms with Gasteiger partial charge in [-0.05, 0) is 40.8 Å². The molecule has 106 valence electrons. The predicted octanol–water partition coefficient (Wildman–Crippen LogP) is 3.61. The van der Waals surface area contributed by atoms with Gasteiger partial charge in [0, 0.05) is 5.56 Å². The first-order valence-electron chi connectivity index (χ1n) is 6.85. The Balaban J connectivity index is 2.23. The third-order valence-corrected chi connectivity index (χ3v) is 3.78. The zero-order valence-electron chi connectivity index (χ0n) is 11.8. The Kier molecular flexibility index (Phi) is 3.48. The molecule has 0 spiro atoms. The van der Waals surface area contributed by atoms with Crippen LogP contribution in [0.1, 0.15) is 28.7 Å². The maximum absolute atomic E-state index is 11.2. The number of hydrogen-bond acceptors (Lipinski definition) is 2. The van der Waals surface area contributed by atoms with E-state index in [1.54, 1.807) is 7.11 Å². The van der Waals surface area contributed by atoms with Crippen molar-refractivity contribution in [2.75, 3.05) is 7.11 Å². The van der Waals surface area contributed by atoms with Crippen molar-refractivity contribution < 1.29 is 14.6 Å². The van der Waals surface area contributed by atoms with Gasteiger partial charge in [0.2, 0.25) is 0 Å². The van der Waals surface area contributed by atoms with Gasteiger partial charge in [-0.25, -0.2) is 0 Å². The molecule has 0 bridgehead atoms. The van der Waals surface area contributed by atoms with Crippen molar-refractivity contribution in [3.8, 4) is 5.75 Å². The maximum atomic E-state index is 11.2. The quantitative estimate of drug-likeness (QED) is 0.934. The first-order chi connectivity index (χ1) is 10.2. The Bertz CT molecular complexity index is 729. The average Bonchev–Trinajstić information content (AvgIpc) is 2.63. The van der Waals surface area contributed by atoms with Gasteiger partial charge >= 0.3 is 5.97 Å². The third-order valence-electron chi connectivity index (χ3n) is 3.78. The van der Waals surface area contributed by atoms with E-state index in [2.05, 4.69) is 12.1 Å². The monoisotopic (exact) mass is 280 g/mol. The summed E-state index contributed by atoms with van der Waals surface area (Å²) in [5.41, 5.74) is 5.12. The molecule has 21 heavy (non-hydrogen) atoms. The smallest absolute Gasteiger partial charge is 0.307 e. The largest absolute Gasteiger partial charge is 0.496 e. The van der Waals surface area contributed by atoms with Crippen LogP contribution in [0.3, 0.4) is 0 Å². The predicted molar refractivity (Wildman–Crippen MR) is 82.4 cm³/mol. The van der Waals surface area contributed by atoms with Gasteiger partial charge in [-0.1, -0.05) is 36.4 Å². The number of rotatable bonds is 3. The van der Waals surface area contributed by atoms with Crippen LogP contribution in [0.5, 0.6) is 5.75 Å². The molecule has 3 heteroatoms. The van der Waals surface area contributed by atoms with E-state index in [4.69, 9.17) is 4.74 Å². The van der Waals surface area contributed by atoms with E-state index in [1.165, 1.54) is 0 Å². The van der Waals surface area contributed by atoms with Crippen molar-refractivity contribution >= 4 is 17.6 Å². The Morgan fingerprint density at radius 3 is 2.67 bits per heavy atom. The molecule has 0 radical (unpaired) electrons. The first-order valence-corrected chi connectivity index (χ1v) is 6.85. The fraction of sp³-hybridized carbons (Fsp3) is 0.167. The van der Waals surface area contributed by atoms with Gasteiger partial charge in [0.1, 0.15) is 5.75 Å². The lowest BCUT2D eigenvalue weighted by atomic mass is 9.96. The molecule has 0 saturated heterocycles. The van der Waals surface area contributed by atoms with Crippen LogP contribution in [0.2, 0.25) is 0 Å². The number of aliphatic carboxylic acids is 1. The van der Waals surface area contributed by atoms with E-state index in [0.717, 1.165) is 40.0 Å². The molecule has 2 aromatic rings. The highest BCUT2D eigenvalue weighted by Gasteiger charge is 2.18. The fourth-order valence-electron chi connectivity index (χ4n) is 2.84. The lowest BCUT2D eigenvalue weighted by Gasteiger charge is -2.09. The van der Waals surface area contributed by atoms with E-state index < -0.39 is 5.97 Å². The van der Waals surface area contributed by atoms with E-state index in [1.807, 2.05) is 36.4 Å². The lowest BCUT2D eigenvalue weighted by molar-refractivity contribution is -0.135. The standard InChI is InChI=1S/C18H16O3/c1-21-17-8-4-6-13-9-12-5-2-3-7-15(12)14(10-16(13)17)11-18(19)20/h2-8,10H,9,11H2,1H3,(H,19,20). The second-order valence-electron chi connectivity index (χ2n) is 5.11. The number of hydrogen-bond donors (Lipinski definition) is 1. The zero-order chi connectivity index (χ0) is 14.8. The van der Waals surface area contributed by atoms with Crippen molar-refractivity contribution in [2.24, 2.45) is 0 Å². The Morgan fingerprint density at radius 2 is 1.90 bits per heavy atom. The number of carbonyl (C=O) groups is 1. The summed E-state index contributed by atoms with van der Waals surface area (Å²) in [5.74, 6) is -0.0439. The summed E-state index contributed by atoms with van der Waals surface area (Å²) in [6.45, 7) is 0. The highest BCUT2D eigenvalue weighted by atomic mass is 16.5. The number of carboxylic acids is 1. The zero-order valence-corrected chi connectivity index (χ0v) is 11.8. The molecule has 0 amide bonds. The fourth-order valence-corrected chi connectivity index (χ4v) is 2.84. The number of benzene rings is 2. The molecule has 2 aromatic carbocycles. The summed E-state index contributed by atoms with van der Waals surface area (Å²) in [6, 6.07) is 13.9. The number of ether oxygens (including phenoxy) is 1. The maximum Gasteiger partial charge on any atom is 0.307 e. The van der Waals surface area contributed by atoms with Crippen LogP contribution >= 0.6 is 0 Å². The summed E-state index contributed by atoms with van der Waals surface area (Å²) in [4.78, 5) is 11.2. The molecule has 0 aliphatic heterocycles. The van der Waals surface area contributed by atoms with Gasteiger partial charge in [0.05, 0.1) is 13.5 Å². The summed E-state index contributed by atoms with van der Waals surface area (Å²) in [5, 5.41) is 9.19. The third kappa shape index (κ3) is 2.55. The first kappa shape index (κ1) is 13.4. The molecule has 0 aromatic heterocycles. The highest BCUT2D eigenvalue weighted by Crippen LogP contribution is 2.35. The second kappa shape index (κ2) is 5.44. The van der Waals surface area contributed by atoms with Crippen LogP contribution in [-0.2, 0) is 11.2 Å². The van der Waals surface area contributed by atoms with Gasteiger partial charge in [-0.2, -0.15) is 0 Å². The van der Waals surface area contributed by atoms with Crippen molar-refractivity contribution in [1.82, 2.24) is 0 Å². The van der Waals surface area contributed by atoms with E-state index in [9.17, 15) is 9.90 Å². The number of methoxy groups -OCH3 is 1. The van der Waals surface area contributed by atoms with E-state index in [-0.39, 0.29) is 6.42 Å². The lowest BCUT2D eigenvalue weighted by Crippen LogP contribution is -1.98. The molecule has 0 heterocycles. The normalized spacial score (nSPS) is 12.7. The molecule has 0 saturated carbocycles. The summed E-state index contributed by atoms with van der Waals surface area (Å²) in [7, 11) is 1.64. The molecule has 0 atom stereocenters. The minimum Gasteiger partial charge on any atom is -0.496 e. The van der Waals surface area contributed by atoms with Crippen LogP contribution < -0.4 is 4.74 Å².